The lowest BCUT2D eigenvalue weighted by Crippen LogP contribution is -2.15. The normalized spacial score (nSPS) is 10.7. The van der Waals surface area contributed by atoms with E-state index < -0.39 is 0 Å². The molecule has 1 aromatic carbocycles. The van der Waals surface area contributed by atoms with E-state index in [4.69, 9.17) is 4.42 Å². The molecule has 1 aromatic heterocycles. The number of hydrogen-bond acceptors (Lipinski definition) is 3. The summed E-state index contributed by atoms with van der Waals surface area (Å²) in [6, 6.07) is 10.4. The van der Waals surface area contributed by atoms with Gasteiger partial charge in [-0.1, -0.05) is 6.92 Å². The number of halogens is 1. The Bertz CT molecular complexity index is 507. The van der Waals surface area contributed by atoms with Crippen LogP contribution in [-0.4, -0.2) is 13.6 Å². The number of anilines is 1. The Morgan fingerprint density at radius 1 is 1.11 bits per heavy atom. The maximum Gasteiger partial charge on any atom is 0.123 e. The van der Waals surface area contributed by atoms with Crippen molar-refractivity contribution in [1.82, 2.24) is 5.32 Å². The van der Waals surface area contributed by atoms with E-state index in [-0.39, 0.29) is 5.82 Å². The molecular weight excluding hydrogens is 243 g/mol. The van der Waals surface area contributed by atoms with Crippen LogP contribution in [0.15, 0.2) is 40.8 Å². The summed E-state index contributed by atoms with van der Waals surface area (Å²) in [6.45, 7) is 4.40. The van der Waals surface area contributed by atoms with Crippen LogP contribution in [0, 0.1) is 5.82 Å². The standard InChI is InChI=1S/C15H19FN2O/c1-3-17-10-14-8-9-15(19-14)11-18(2)13-6-4-12(16)5-7-13/h4-9,17H,3,10-11H2,1-2H3. The van der Waals surface area contributed by atoms with Crippen LogP contribution in [0.5, 0.6) is 0 Å². The summed E-state index contributed by atoms with van der Waals surface area (Å²) in [5.41, 5.74) is 0.964. The third kappa shape index (κ3) is 3.83. The van der Waals surface area contributed by atoms with E-state index in [1.165, 1.54) is 12.1 Å². The van der Waals surface area contributed by atoms with Crippen molar-refractivity contribution in [3.05, 3.63) is 53.7 Å². The largest absolute Gasteiger partial charge is 0.463 e. The lowest BCUT2D eigenvalue weighted by molar-refractivity contribution is 0.448. The van der Waals surface area contributed by atoms with Crippen molar-refractivity contribution in [2.75, 3.05) is 18.5 Å². The molecule has 0 spiro atoms. The van der Waals surface area contributed by atoms with Crippen LogP contribution >= 0.6 is 0 Å². The summed E-state index contributed by atoms with van der Waals surface area (Å²) in [5, 5.41) is 3.22. The van der Waals surface area contributed by atoms with Crippen LogP contribution in [0.4, 0.5) is 10.1 Å². The number of benzene rings is 1. The molecular formula is C15H19FN2O. The van der Waals surface area contributed by atoms with Gasteiger partial charge in [-0.25, -0.2) is 4.39 Å². The second-order valence-corrected chi connectivity index (χ2v) is 4.48. The zero-order chi connectivity index (χ0) is 13.7. The van der Waals surface area contributed by atoms with Crippen molar-refractivity contribution in [2.45, 2.75) is 20.0 Å². The molecule has 0 saturated carbocycles. The molecule has 1 N–H and O–H groups in total. The highest BCUT2D eigenvalue weighted by Crippen LogP contribution is 2.17. The number of nitrogens with one attached hydrogen (secondary N) is 1. The van der Waals surface area contributed by atoms with E-state index in [1.54, 1.807) is 12.1 Å². The summed E-state index contributed by atoms with van der Waals surface area (Å²) < 4.78 is 18.6. The molecule has 2 aromatic rings. The Morgan fingerprint density at radius 2 is 1.79 bits per heavy atom. The zero-order valence-electron chi connectivity index (χ0n) is 11.3. The highest BCUT2D eigenvalue weighted by atomic mass is 19.1. The SMILES string of the molecule is CCNCc1ccc(CN(C)c2ccc(F)cc2)o1. The van der Waals surface area contributed by atoms with Gasteiger partial charge in [0.2, 0.25) is 0 Å². The molecule has 0 unspecified atom stereocenters. The van der Waals surface area contributed by atoms with Gasteiger partial charge in [-0.05, 0) is 42.9 Å². The Kier molecular flexibility index (Phi) is 4.58. The van der Waals surface area contributed by atoms with Crippen LogP contribution in [0.2, 0.25) is 0 Å². The molecule has 4 heteroatoms. The van der Waals surface area contributed by atoms with Crippen molar-refractivity contribution in [2.24, 2.45) is 0 Å². The topological polar surface area (TPSA) is 28.4 Å². The Labute approximate surface area is 113 Å². The van der Waals surface area contributed by atoms with Gasteiger partial charge in [0, 0.05) is 12.7 Å². The van der Waals surface area contributed by atoms with Crippen LogP contribution in [0.1, 0.15) is 18.4 Å². The summed E-state index contributed by atoms with van der Waals surface area (Å²) in [4.78, 5) is 2.02. The molecule has 0 atom stereocenters. The molecule has 0 aliphatic carbocycles. The predicted molar refractivity (Wildman–Crippen MR) is 74.6 cm³/mol. The molecule has 0 aliphatic rings. The molecule has 1 heterocycles. The van der Waals surface area contributed by atoms with Crippen LogP contribution < -0.4 is 10.2 Å². The molecule has 0 radical (unpaired) electrons. The quantitative estimate of drug-likeness (QED) is 0.866. The smallest absolute Gasteiger partial charge is 0.123 e. The molecule has 19 heavy (non-hydrogen) atoms. The summed E-state index contributed by atoms with van der Waals surface area (Å²) in [5.74, 6) is 1.62. The second-order valence-electron chi connectivity index (χ2n) is 4.48. The minimum absolute atomic E-state index is 0.219. The molecule has 0 fully saturated rings. The number of hydrogen-bond donors (Lipinski definition) is 1. The molecule has 0 saturated heterocycles. The van der Waals surface area contributed by atoms with Gasteiger partial charge >= 0.3 is 0 Å². The Balaban J connectivity index is 1.96. The molecule has 0 amide bonds. The van der Waals surface area contributed by atoms with E-state index in [0.717, 1.165) is 30.3 Å². The highest BCUT2D eigenvalue weighted by molar-refractivity contribution is 5.45. The maximum atomic E-state index is 12.9. The van der Waals surface area contributed by atoms with E-state index in [9.17, 15) is 4.39 Å². The number of nitrogens with zero attached hydrogens (tertiary/aromatic N) is 1. The van der Waals surface area contributed by atoms with Crippen molar-refractivity contribution in [3.8, 4) is 0 Å². The minimum Gasteiger partial charge on any atom is -0.463 e. The first-order chi connectivity index (χ1) is 9.19. The van der Waals surface area contributed by atoms with Gasteiger partial charge in [-0.15, -0.1) is 0 Å². The lowest BCUT2D eigenvalue weighted by atomic mass is 10.3. The van der Waals surface area contributed by atoms with E-state index in [2.05, 4.69) is 12.2 Å². The third-order valence-electron chi connectivity index (χ3n) is 2.93. The van der Waals surface area contributed by atoms with E-state index in [1.807, 2.05) is 24.1 Å². The van der Waals surface area contributed by atoms with E-state index >= 15 is 0 Å². The average Bonchev–Trinajstić information content (AvgIpc) is 2.84. The van der Waals surface area contributed by atoms with Gasteiger partial charge in [0.05, 0.1) is 13.1 Å². The number of rotatable bonds is 6. The van der Waals surface area contributed by atoms with Crippen molar-refractivity contribution in [3.63, 3.8) is 0 Å². The monoisotopic (exact) mass is 262 g/mol. The molecule has 102 valence electrons. The fourth-order valence-corrected chi connectivity index (χ4v) is 1.87. The molecule has 3 nitrogen and oxygen atoms in total. The lowest BCUT2D eigenvalue weighted by Gasteiger charge is -2.17. The van der Waals surface area contributed by atoms with Crippen molar-refractivity contribution >= 4 is 5.69 Å². The Hall–Kier alpha value is -1.81. The highest BCUT2D eigenvalue weighted by Gasteiger charge is 2.06. The third-order valence-corrected chi connectivity index (χ3v) is 2.93. The van der Waals surface area contributed by atoms with Gasteiger partial charge in [0.15, 0.2) is 0 Å². The summed E-state index contributed by atoms with van der Waals surface area (Å²) in [6.07, 6.45) is 0. The van der Waals surface area contributed by atoms with Gasteiger partial charge in [0.1, 0.15) is 17.3 Å². The first-order valence-electron chi connectivity index (χ1n) is 6.44. The zero-order valence-corrected chi connectivity index (χ0v) is 11.3. The fraction of sp³-hybridized carbons (Fsp3) is 0.333. The van der Waals surface area contributed by atoms with Crippen LogP contribution in [-0.2, 0) is 13.1 Å². The maximum absolute atomic E-state index is 12.9. The number of furan rings is 1. The van der Waals surface area contributed by atoms with Crippen molar-refractivity contribution in [1.29, 1.82) is 0 Å². The molecule has 0 bridgehead atoms. The summed E-state index contributed by atoms with van der Waals surface area (Å²) in [7, 11) is 1.96. The first kappa shape index (κ1) is 13.6. The average molecular weight is 262 g/mol. The first-order valence-corrected chi connectivity index (χ1v) is 6.44. The molecule has 2 rings (SSSR count). The Morgan fingerprint density at radius 3 is 2.47 bits per heavy atom. The minimum atomic E-state index is -0.219. The predicted octanol–water partition coefficient (Wildman–Crippen LogP) is 3.16. The van der Waals surface area contributed by atoms with Gasteiger partial charge in [-0.2, -0.15) is 0 Å². The van der Waals surface area contributed by atoms with E-state index in [0.29, 0.717) is 6.54 Å². The van der Waals surface area contributed by atoms with Gasteiger partial charge < -0.3 is 14.6 Å². The molecule has 0 aliphatic heterocycles. The van der Waals surface area contributed by atoms with Crippen LogP contribution in [0.3, 0.4) is 0 Å². The van der Waals surface area contributed by atoms with Crippen molar-refractivity contribution < 1.29 is 8.81 Å². The van der Waals surface area contributed by atoms with Gasteiger partial charge in [0.25, 0.3) is 0 Å². The fourth-order valence-electron chi connectivity index (χ4n) is 1.87. The van der Waals surface area contributed by atoms with Gasteiger partial charge in [-0.3, -0.25) is 0 Å². The van der Waals surface area contributed by atoms with Crippen LogP contribution in [0.25, 0.3) is 0 Å². The second kappa shape index (κ2) is 6.38. The summed E-state index contributed by atoms with van der Waals surface area (Å²) >= 11 is 0.